The van der Waals surface area contributed by atoms with Crippen molar-refractivity contribution in [3.8, 4) is 0 Å². The molecule has 0 aromatic heterocycles. The zero-order chi connectivity index (χ0) is 18.4. The number of fused-ring (bicyclic) bond motifs is 3. The molecule has 4 rings (SSSR count). The van der Waals surface area contributed by atoms with Crippen LogP contribution in [0.15, 0.2) is 48.5 Å². The lowest BCUT2D eigenvalue weighted by Gasteiger charge is -2.53. The Labute approximate surface area is 151 Å². The van der Waals surface area contributed by atoms with E-state index in [2.05, 4.69) is 6.07 Å². The second kappa shape index (κ2) is 6.12. The smallest absolute Gasteiger partial charge is 0.380 e. The first kappa shape index (κ1) is 17.6. The van der Waals surface area contributed by atoms with Crippen molar-refractivity contribution in [2.45, 2.75) is 55.7 Å². The highest BCUT2D eigenvalue weighted by molar-refractivity contribution is 5.40. The molecular weight excluding hydrogens is 337 g/mol. The Morgan fingerprint density at radius 3 is 2.62 bits per heavy atom. The summed E-state index contributed by atoms with van der Waals surface area (Å²) in [5.74, 6) is -0.182. The van der Waals surface area contributed by atoms with Gasteiger partial charge in [0.15, 0.2) is 5.60 Å². The van der Waals surface area contributed by atoms with Gasteiger partial charge in [0.25, 0.3) is 0 Å². The first-order chi connectivity index (χ1) is 12.3. The Hall–Kier alpha value is -1.81. The van der Waals surface area contributed by atoms with E-state index >= 15 is 0 Å². The van der Waals surface area contributed by atoms with E-state index in [1.807, 2.05) is 48.5 Å². The van der Waals surface area contributed by atoms with Gasteiger partial charge in [0.2, 0.25) is 0 Å². The molecule has 0 bridgehead atoms. The molecule has 1 N–H and O–H groups in total. The summed E-state index contributed by atoms with van der Waals surface area (Å²) in [7, 11) is 0. The van der Waals surface area contributed by atoms with Crippen LogP contribution in [0.25, 0.3) is 0 Å². The third-order valence-corrected chi connectivity index (χ3v) is 6.49. The van der Waals surface area contributed by atoms with E-state index in [0.29, 0.717) is 19.3 Å². The summed E-state index contributed by atoms with van der Waals surface area (Å²) < 4.78 is 40.4. The normalized spacial score (nSPS) is 31.2. The van der Waals surface area contributed by atoms with Crippen LogP contribution in [0.5, 0.6) is 0 Å². The second-order valence-corrected chi connectivity index (χ2v) is 7.87. The Bertz CT molecular complexity index is 785. The molecule has 2 aliphatic rings. The zero-order valence-corrected chi connectivity index (χ0v) is 14.5. The van der Waals surface area contributed by atoms with Crippen LogP contribution in [0.2, 0.25) is 0 Å². The van der Waals surface area contributed by atoms with Crippen molar-refractivity contribution in [3.63, 3.8) is 0 Å². The summed E-state index contributed by atoms with van der Waals surface area (Å²) in [5, 5.41) is 10.3. The van der Waals surface area contributed by atoms with Crippen LogP contribution in [-0.2, 0) is 18.3 Å². The highest BCUT2D eigenvalue weighted by Gasteiger charge is 2.61. The largest absolute Gasteiger partial charge is 0.417 e. The van der Waals surface area contributed by atoms with Gasteiger partial charge in [0.05, 0.1) is 0 Å². The van der Waals surface area contributed by atoms with Crippen molar-refractivity contribution >= 4 is 0 Å². The van der Waals surface area contributed by atoms with Gasteiger partial charge in [-0.1, -0.05) is 48.5 Å². The predicted octanol–water partition coefficient (Wildman–Crippen LogP) is 5.01. The molecule has 26 heavy (non-hydrogen) atoms. The number of benzene rings is 2. The number of aliphatic hydroxyl groups is 1. The highest BCUT2D eigenvalue weighted by Crippen LogP contribution is 2.57. The van der Waals surface area contributed by atoms with E-state index in [0.717, 1.165) is 17.5 Å². The molecule has 4 heteroatoms. The Kier molecular flexibility index (Phi) is 4.14. The van der Waals surface area contributed by atoms with E-state index in [4.69, 9.17) is 0 Å². The molecule has 0 aliphatic heterocycles. The van der Waals surface area contributed by atoms with Gasteiger partial charge in [-0.2, -0.15) is 13.2 Å². The predicted molar refractivity (Wildman–Crippen MR) is 93.8 cm³/mol. The summed E-state index contributed by atoms with van der Waals surface area (Å²) in [6, 6.07) is 18.9. The summed E-state index contributed by atoms with van der Waals surface area (Å²) in [6.07, 6.45) is -2.53. The fourth-order valence-electron chi connectivity index (χ4n) is 5.10. The van der Waals surface area contributed by atoms with Crippen LogP contribution >= 0.6 is 0 Å². The maximum atomic E-state index is 13.5. The standard InChI is InChI=1S/C22H22F3O/c23-22(24,25)21(26)13-12-20(14-16-6-2-1-3-7-16)18(15-21)11-10-17-8-4-5-9-19(17)20/h1-3,5-9,18,26H,10-15H2/t18-,20+,21-/m1/s1. The Morgan fingerprint density at radius 2 is 1.88 bits per heavy atom. The molecule has 0 amide bonds. The van der Waals surface area contributed by atoms with Crippen LogP contribution in [0.4, 0.5) is 13.2 Å². The molecule has 1 radical (unpaired) electrons. The van der Waals surface area contributed by atoms with E-state index < -0.39 is 11.8 Å². The lowest BCUT2D eigenvalue weighted by molar-refractivity contribution is -0.279. The van der Waals surface area contributed by atoms with E-state index in [-0.39, 0.29) is 24.2 Å². The van der Waals surface area contributed by atoms with Gasteiger partial charge in [-0.3, -0.25) is 0 Å². The number of hydrogen-bond acceptors (Lipinski definition) is 1. The Balaban J connectivity index is 1.78. The maximum absolute atomic E-state index is 13.5. The average Bonchev–Trinajstić information content (AvgIpc) is 2.62. The fourth-order valence-corrected chi connectivity index (χ4v) is 5.10. The van der Waals surface area contributed by atoms with Gasteiger partial charge >= 0.3 is 6.18 Å². The molecule has 1 fully saturated rings. The van der Waals surface area contributed by atoms with Crippen molar-refractivity contribution in [3.05, 3.63) is 71.3 Å². The topological polar surface area (TPSA) is 20.2 Å². The monoisotopic (exact) mass is 359 g/mol. The van der Waals surface area contributed by atoms with Crippen LogP contribution in [0.1, 0.15) is 42.4 Å². The van der Waals surface area contributed by atoms with E-state index in [1.165, 1.54) is 5.56 Å². The Morgan fingerprint density at radius 1 is 1.12 bits per heavy atom. The van der Waals surface area contributed by atoms with Crippen LogP contribution < -0.4 is 0 Å². The van der Waals surface area contributed by atoms with Crippen molar-refractivity contribution in [2.75, 3.05) is 0 Å². The number of alkyl halides is 3. The van der Waals surface area contributed by atoms with Gasteiger partial charge in [0.1, 0.15) is 0 Å². The van der Waals surface area contributed by atoms with E-state index in [9.17, 15) is 18.3 Å². The zero-order valence-electron chi connectivity index (χ0n) is 14.5. The van der Waals surface area contributed by atoms with Gasteiger partial charge in [-0.15, -0.1) is 0 Å². The third-order valence-electron chi connectivity index (χ3n) is 6.49. The van der Waals surface area contributed by atoms with E-state index in [1.54, 1.807) is 0 Å². The highest BCUT2D eigenvalue weighted by atomic mass is 19.4. The van der Waals surface area contributed by atoms with Crippen molar-refractivity contribution in [2.24, 2.45) is 5.92 Å². The van der Waals surface area contributed by atoms with Crippen molar-refractivity contribution in [1.82, 2.24) is 0 Å². The third kappa shape index (κ3) is 2.75. The first-order valence-corrected chi connectivity index (χ1v) is 9.17. The first-order valence-electron chi connectivity index (χ1n) is 9.17. The van der Waals surface area contributed by atoms with Crippen LogP contribution in [-0.4, -0.2) is 16.9 Å². The lowest BCUT2D eigenvalue weighted by Crippen LogP contribution is -2.56. The molecule has 0 spiro atoms. The van der Waals surface area contributed by atoms with Gasteiger partial charge in [-0.25, -0.2) is 0 Å². The van der Waals surface area contributed by atoms with Crippen molar-refractivity contribution in [1.29, 1.82) is 0 Å². The van der Waals surface area contributed by atoms with Gasteiger partial charge in [0, 0.05) is 5.41 Å². The number of hydrogen-bond donors (Lipinski definition) is 1. The molecule has 3 atom stereocenters. The number of halogens is 3. The van der Waals surface area contributed by atoms with Crippen LogP contribution in [0.3, 0.4) is 0 Å². The SMILES string of the molecule is O[C@]1(C(F)(F)F)CC[C@@]2(Cc3ccccc3)c3cc[c]cc3CC[C@@H]2C1. The minimum Gasteiger partial charge on any atom is -0.380 e. The van der Waals surface area contributed by atoms with Crippen molar-refractivity contribution < 1.29 is 18.3 Å². The second-order valence-electron chi connectivity index (χ2n) is 7.87. The molecule has 2 aromatic carbocycles. The summed E-state index contributed by atoms with van der Waals surface area (Å²) in [4.78, 5) is 0. The molecule has 0 saturated heterocycles. The molecular formula is C22H22F3O. The molecule has 137 valence electrons. The number of rotatable bonds is 2. The average molecular weight is 359 g/mol. The number of aryl methyl sites for hydroxylation is 1. The molecule has 1 saturated carbocycles. The quantitative estimate of drug-likeness (QED) is 0.799. The molecule has 0 heterocycles. The van der Waals surface area contributed by atoms with Crippen LogP contribution in [0, 0.1) is 12.0 Å². The van der Waals surface area contributed by atoms with Gasteiger partial charge in [-0.05, 0) is 67.2 Å². The maximum Gasteiger partial charge on any atom is 0.417 e. The van der Waals surface area contributed by atoms with Gasteiger partial charge < -0.3 is 5.11 Å². The summed E-state index contributed by atoms with van der Waals surface area (Å²) in [5.41, 5.74) is 0.575. The minimum atomic E-state index is -4.57. The molecule has 2 aliphatic carbocycles. The lowest BCUT2D eigenvalue weighted by atomic mass is 9.52. The molecule has 0 unspecified atom stereocenters. The summed E-state index contributed by atoms with van der Waals surface area (Å²) >= 11 is 0. The minimum absolute atomic E-state index is 0.182. The molecule has 2 aromatic rings. The fraction of sp³-hybridized carbons (Fsp3) is 0.455. The summed E-state index contributed by atoms with van der Waals surface area (Å²) in [6.45, 7) is 0. The molecule has 1 nitrogen and oxygen atoms in total.